The molecule has 1 saturated carbocycles. The monoisotopic (exact) mass is 406 g/mol. The first kappa shape index (κ1) is 20.9. The van der Waals surface area contributed by atoms with Gasteiger partial charge in [0.2, 0.25) is 5.91 Å². The van der Waals surface area contributed by atoms with Crippen LogP contribution in [0.3, 0.4) is 0 Å². The second-order valence-electron chi connectivity index (χ2n) is 8.83. The molecule has 0 bridgehead atoms. The molecule has 1 amide bonds. The maximum Gasteiger partial charge on any atom is 0.242 e. The molecule has 4 rings (SSSR count). The van der Waals surface area contributed by atoms with Gasteiger partial charge in [0.05, 0.1) is 7.11 Å². The van der Waals surface area contributed by atoms with E-state index in [0.717, 1.165) is 56.5 Å². The fraction of sp³-hybridized carbons (Fsp3) is 0.500. The minimum Gasteiger partial charge on any atom is -0.497 e. The van der Waals surface area contributed by atoms with Crippen LogP contribution in [0.1, 0.15) is 55.7 Å². The van der Waals surface area contributed by atoms with E-state index in [9.17, 15) is 4.79 Å². The Bertz CT molecular complexity index is 792. The smallest absolute Gasteiger partial charge is 0.242 e. The van der Waals surface area contributed by atoms with E-state index in [1.807, 2.05) is 24.3 Å². The molecule has 2 aromatic rings. The molecule has 0 radical (unpaired) electrons. The SMILES string of the molecule is COc1ccc([C@H](C(=O)NC2CCCC2)N2CCC(Cc3ccccc3)CC2)cc1. The number of carbonyl (C=O) groups is 1. The number of hydrogen-bond acceptors (Lipinski definition) is 3. The molecule has 4 heteroatoms. The van der Waals surface area contributed by atoms with Crippen LogP contribution in [0.4, 0.5) is 0 Å². The fourth-order valence-corrected chi connectivity index (χ4v) is 5.03. The highest BCUT2D eigenvalue weighted by atomic mass is 16.5. The Balaban J connectivity index is 1.44. The average molecular weight is 407 g/mol. The van der Waals surface area contributed by atoms with Crippen LogP contribution in [0.25, 0.3) is 0 Å². The first-order valence-electron chi connectivity index (χ1n) is 11.5. The van der Waals surface area contributed by atoms with Crippen LogP contribution in [-0.2, 0) is 11.2 Å². The number of amides is 1. The number of nitrogens with one attached hydrogen (secondary N) is 1. The van der Waals surface area contributed by atoms with Crippen LogP contribution in [0.2, 0.25) is 0 Å². The average Bonchev–Trinajstić information content (AvgIpc) is 3.29. The third-order valence-electron chi connectivity index (χ3n) is 6.76. The second-order valence-corrected chi connectivity index (χ2v) is 8.83. The number of benzene rings is 2. The zero-order valence-corrected chi connectivity index (χ0v) is 18.1. The van der Waals surface area contributed by atoms with Gasteiger partial charge in [0.1, 0.15) is 11.8 Å². The molecule has 2 aromatic carbocycles. The third-order valence-corrected chi connectivity index (χ3v) is 6.76. The Morgan fingerprint density at radius 1 is 1.00 bits per heavy atom. The van der Waals surface area contributed by atoms with E-state index in [1.54, 1.807) is 7.11 Å². The molecule has 1 saturated heterocycles. The summed E-state index contributed by atoms with van der Waals surface area (Å²) in [4.78, 5) is 15.7. The highest BCUT2D eigenvalue weighted by Gasteiger charge is 2.32. The topological polar surface area (TPSA) is 41.6 Å². The van der Waals surface area contributed by atoms with Crippen molar-refractivity contribution >= 4 is 5.91 Å². The summed E-state index contributed by atoms with van der Waals surface area (Å²) < 4.78 is 5.32. The maximum atomic E-state index is 13.3. The minimum atomic E-state index is -0.214. The summed E-state index contributed by atoms with van der Waals surface area (Å²) in [7, 11) is 1.68. The Labute approximate surface area is 180 Å². The quantitative estimate of drug-likeness (QED) is 0.721. The Morgan fingerprint density at radius 3 is 2.30 bits per heavy atom. The minimum absolute atomic E-state index is 0.161. The molecular weight excluding hydrogens is 372 g/mol. The predicted octanol–water partition coefficient (Wildman–Crippen LogP) is 4.75. The fourth-order valence-electron chi connectivity index (χ4n) is 5.03. The Morgan fingerprint density at radius 2 is 1.67 bits per heavy atom. The predicted molar refractivity (Wildman–Crippen MR) is 121 cm³/mol. The van der Waals surface area contributed by atoms with Gasteiger partial charge < -0.3 is 10.1 Å². The van der Waals surface area contributed by atoms with Gasteiger partial charge in [-0.3, -0.25) is 9.69 Å². The summed E-state index contributed by atoms with van der Waals surface area (Å²) in [6.45, 7) is 1.93. The van der Waals surface area contributed by atoms with Gasteiger partial charge in [0, 0.05) is 6.04 Å². The van der Waals surface area contributed by atoms with Gasteiger partial charge in [0.25, 0.3) is 0 Å². The highest BCUT2D eigenvalue weighted by Crippen LogP contribution is 2.30. The van der Waals surface area contributed by atoms with Gasteiger partial charge >= 0.3 is 0 Å². The van der Waals surface area contributed by atoms with Crippen LogP contribution in [0.5, 0.6) is 5.75 Å². The highest BCUT2D eigenvalue weighted by molar-refractivity contribution is 5.83. The number of rotatable bonds is 7. The molecule has 0 unspecified atom stereocenters. The number of ether oxygens (including phenoxy) is 1. The standard InChI is InChI=1S/C26H34N2O2/c1-30-24-13-11-22(12-14-24)25(26(29)27-23-9-5-6-10-23)28-17-15-21(16-18-28)19-20-7-3-2-4-8-20/h2-4,7-8,11-14,21,23,25H,5-6,9-10,15-19H2,1H3,(H,27,29)/t25-/m1/s1. The lowest BCUT2D eigenvalue weighted by atomic mass is 9.89. The Hall–Kier alpha value is -2.33. The molecule has 2 aliphatic rings. The van der Waals surface area contributed by atoms with Gasteiger partial charge in [-0.05, 0) is 74.4 Å². The summed E-state index contributed by atoms with van der Waals surface area (Å²) in [6.07, 6.45) is 8.08. The summed E-state index contributed by atoms with van der Waals surface area (Å²) in [5.41, 5.74) is 2.48. The third kappa shape index (κ3) is 5.23. The summed E-state index contributed by atoms with van der Waals surface area (Å²) in [6, 6.07) is 18.9. The normalized spacial score (nSPS) is 19.5. The van der Waals surface area contributed by atoms with Crippen LogP contribution >= 0.6 is 0 Å². The first-order chi connectivity index (χ1) is 14.7. The van der Waals surface area contributed by atoms with Crippen molar-refractivity contribution in [2.45, 2.75) is 57.0 Å². The molecule has 1 atom stereocenters. The molecule has 1 N–H and O–H groups in total. The number of nitrogens with zero attached hydrogens (tertiary/aromatic N) is 1. The van der Waals surface area contributed by atoms with E-state index < -0.39 is 0 Å². The van der Waals surface area contributed by atoms with Crippen LogP contribution < -0.4 is 10.1 Å². The first-order valence-corrected chi connectivity index (χ1v) is 11.5. The van der Waals surface area contributed by atoms with E-state index in [1.165, 1.54) is 18.4 Å². The summed E-state index contributed by atoms with van der Waals surface area (Å²) in [5, 5.41) is 3.34. The van der Waals surface area contributed by atoms with Crippen molar-refractivity contribution in [2.24, 2.45) is 5.92 Å². The van der Waals surface area contributed by atoms with Crippen molar-refractivity contribution < 1.29 is 9.53 Å². The van der Waals surface area contributed by atoms with Gasteiger partial charge in [-0.1, -0.05) is 55.3 Å². The molecule has 30 heavy (non-hydrogen) atoms. The van der Waals surface area contributed by atoms with Crippen molar-refractivity contribution in [3.63, 3.8) is 0 Å². The molecular formula is C26H34N2O2. The van der Waals surface area contributed by atoms with E-state index in [4.69, 9.17) is 4.74 Å². The van der Waals surface area contributed by atoms with Gasteiger partial charge in [-0.15, -0.1) is 0 Å². The zero-order valence-electron chi connectivity index (χ0n) is 18.1. The largest absolute Gasteiger partial charge is 0.497 e. The number of methoxy groups -OCH3 is 1. The molecule has 2 fully saturated rings. The summed E-state index contributed by atoms with van der Waals surface area (Å²) in [5.74, 6) is 1.68. The second kappa shape index (κ2) is 10.1. The van der Waals surface area contributed by atoms with Crippen LogP contribution in [0.15, 0.2) is 54.6 Å². The van der Waals surface area contributed by atoms with Crippen molar-refractivity contribution in [2.75, 3.05) is 20.2 Å². The van der Waals surface area contributed by atoms with E-state index >= 15 is 0 Å². The molecule has 1 aliphatic heterocycles. The molecule has 1 heterocycles. The molecule has 0 aromatic heterocycles. The molecule has 4 nitrogen and oxygen atoms in total. The summed E-state index contributed by atoms with van der Waals surface area (Å²) >= 11 is 0. The lowest BCUT2D eigenvalue weighted by molar-refractivity contribution is -0.128. The number of carbonyl (C=O) groups excluding carboxylic acids is 1. The van der Waals surface area contributed by atoms with Crippen LogP contribution in [-0.4, -0.2) is 37.0 Å². The number of hydrogen-bond donors (Lipinski definition) is 1. The van der Waals surface area contributed by atoms with Crippen molar-refractivity contribution in [1.82, 2.24) is 10.2 Å². The molecule has 1 aliphatic carbocycles. The Kier molecular flexibility index (Phi) is 7.06. The van der Waals surface area contributed by atoms with Crippen molar-refractivity contribution in [1.29, 1.82) is 0 Å². The lowest BCUT2D eigenvalue weighted by Gasteiger charge is -2.37. The zero-order chi connectivity index (χ0) is 20.8. The van der Waals surface area contributed by atoms with E-state index in [2.05, 4.69) is 40.5 Å². The number of likely N-dealkylation sites (tertiary alicyclic amines) is 1. The van der Waals surface area contributed by atoms with E-state index in [-0.39, 0.29) is 11.9 Å². The van der Waals surface area contributed by atoms with Crippen molar-refractivity contribution in [3.8, 4) is 5.75 Å². The van der Waals surface area contributed by atoms with Crippen molar-refractivity contribution in [3.05, 3.63) is 65.7 Å². The van der Waals surface area contributed by atoms with E-state index in [0.29, 0.717) is 12.0 Å². The maximum absolute atomic E-state index is 13.3. The van der Waals surface area contributed by atoms with Gasteiger partial charge in [-0.2, -0.15) is 0 Å². The lowest BCUT2D eigenvalue weighted by Crippen LogP contribution is -2.46. The molecule has 0 spiro atoms. The van der Waals surface area contributed by atoms with Gasteiger partial charge in [0.15, 0.2) is 0 Å². The van der Waals surface area contributed by atoms with Gasteiger partial charge in [-0.25, -0.2) is 0 Å². The molecule has 160 valence electrons. The number of piperidine rings is 1. The van der Waals surface area contributed by atoms with Crippen LogP contribution in [0, 0.1) is 5.92 Å².